The molecular formula is C21H15ClFN3OS2. The Kier molecular flexibility index (Phi) is 6.08. The fourth-order valence-electron chi connectivity index (χ4n) is 2.69. The molecule has 0 atom stereocenters. The number of rotatable bonds is 6. The summed E-state index contributed by atoms with van der Waals surface area (Å²) in [6.45, 7) is 0.307. The number of thioether (sulfide) groups is 1. The van der Waals surface area contributed by atoms with E-state index in [-0.39, 0.29) is 17.5 Å². The van der Waals surface area contributed by atoms with Crippen LogP contribution in [0.15, 0.2) is 71.8 Å². The molecule has 2 aromatic heterocycles. The van der Waals surface area contributed by atoms with Gasteiger partial charge >= 0.3 is 0 Å². The highest BCUT2D eigenvalue weighted by molar-refractivity contribution is 8.00. The van der Waals surface area contributed by atoms with Crippen molar-refractivity contribution in [1.29, 1.82) is 0 Å². The highest BCUT2D eigenvalue weighted by atomic mass is 35.5. The summed E-state index contributed by atoms with van der Waals surface area (Å²) >= 11 is 9.03. The van der Waals surface area contributed by atoms with Crippen molar-refractivity contribution in [2.24, 2.45) is 0 Å². The number of anilines is 1. The van der Waals surface area contributed by atoms with Crippen molar-refractivity contribution in [1.82, 2.24) is 9.97 Å². The Morgan fingerprint density at radius 2 is 1.93 bits per heavy atom. The fourth-order valence-corrected chi connectivity index (χ4v) is 4.75. The van der Waals surface area contributed by atoms with Gasteiger partial charge in [0.2, 0.25) is 5.91 Å². The van der Waals surface area contributed by atoms with E-state index in [1.165, 1.54) is 35.2 Å². The van der Waals surface area contributed by atoms with Crippen LogP contribution in [0.25, 0.3) is 10.2 Å². The van der Waals surface area contributed by atoms with Crippen LogP contribution in [0.3, 0.4) is 0 Å². The van der Waals surface area contributed by atoms with Gasteiger partial charge in [-0.15, -0.1) is 11.8 Å². The minimum atomic E-state index is -0.302. The van der Waals surface area contributed by atoms with Gasteiger partial charge in [-0.3, -0.25) is 14.7 Å². The van der Waals surface area contributed by atoms with Gasteiger partial charge in [0, 0.05) is 11.1 Å². The van der Waals surface area contributed by atoms with Crippen LogP contribution in [0.2, 0.25) is 5.02 Å². The van der Waals surface area contributed by atoms with Crippen molar-refractivity contribution in [3.8, 4) is 0 Å². The number of benzene rings is 2. The minimum Gasteiger partial charge on any atom is -0.281 e. The third kappa shape index (κ3) is 4.75. The number of carbonyl (C=O) groups is 1. The summed E-state index contributed by atoms with van der Waals surface area (Å²) < 4.78 is 14.0. The molecule has 29 heavy (non-hydrogen) atoms. The number of para-hydroxylation sites is 1. The van der Waals surface area contributed by atoms with Gasteiger partial charge in [-0.25, -0.2) is 9.37 Å². The normalized spacial score (nSPS) is 11.0. The lowest BCUT2D eigenvalue weighted by Crippen LogP contribution is -2.32. The standard InChI is InChI=1S/C21H15ClFN3OS2/c22-17-5-3-6-18-20(17)25-21(29-18)26(12-15-4-1-2-11-24-15)19(27)13-28-16-9-7-14(23)8-10-16/h1-11H,12-13H2. The van der Waals surface area contributed by atoms with Gasteiger partial charge in [0.05, 0.1) is 27.7 Å². The van der Waals surface area contributed by atoms with Crippen LogP contribution < -0.4 is 4.90 Å². The SMILES string of the molecule is O=C(CSc1ccc(F)cc1)N(Cc1ccccn1)c1nc2c(Cl)cccc2s1. The molecule has 4 aromatic rings. The monoisotopic (exact) mass is 443 g/mol. The summed E-state index contributed by atoms with van der Waals surface area (Å²) in [5.74, 6) is -0.216. The van der Waals surface area contributed by atoms with Crippen LogP contribution in [0.5, 0.6) is 0 Å². The summed E-state index contributed by atoms with van der Waals surface area (Å²) in [7, 11) is 0. The van der Waals surface area contributed by atoms with E-state index in [1.54, 1.807) is 29.3 Å². The Morgan fingerprint density at radius 1 is 1.10 bits per heavy atom. The smallest absolute Gasteiger partial charge is 0.239 e. The number of halogens is 2. The Balaban J connectivity index is 1.60. The number of carbonyl (C=O) groups excluding carboxylic acids is 1. The molecule has 0 spiro atoms. The molecule has 0 aliphatic carbocycles. The van der Waals surface area contributed by atoms with Crippen molar-refractivity contribution in [2.45, 2.75) is 11.4 Å². The molecule has 0 bridgehead atoms. The second-order valence-electron chi connectivity index (χ2n) is 6.13. The molecule has 0 radical (unpaired) electrons. The number of hydrogen-bond donors (Lipinski definition) is 0. The number of hydrogen-bond acceptors (Lipinski definition) is 5. The van der Waals surface area contributed by atoms with Crippen LogP contribution in [0.1, 0.15) is 5.69 Å². The van der Waals surface area contributed by atoms with Crippen LogP contribution >= 0.6 is 34.7 Å². The van der Waals surface area contributed by atoms with Gasteiger partial charge in [0.15, 0.2) is 5.13 Å². The number of thiazole rings is 1. The number of amides is 1. The molecule has 2 heterocycles. The zero-order valence-corrected chi connectivity index (χ0v) is 17.5. The van der Waals surface area contributed by atoms with Crippen LogP contribution in [0.4, 0.5) is 9.52 Å². The number of nitrogens with zero attached hydrogens (tertiary/aromatic N) is 3. The highest BCUT2D eigenvalue weighted by Gasteiger charge is 2.21. The van der Waals surface area contributed by atoms with E-state index in [2.05, 4.69) is 9.97 Å². The largest absolute Gasteiger partial charge is 0.281 e. The van der Waals surface area contributed by atoms with Gasteiger partial charge in [-0.1, -0.05) is 35.1 Å². The van der Waals surface area contributed by atoms with Crippen molar-refractivity contribution in [3.63, 3.8) is 0 Å². The fraction of sp³-hybridized carbons (Fsp3) is 0.0952. The van der Waals surface area contributed by atoms with Crippen LogP contribution in [-0.4, -0.2) is 21.6 Å². The van der Waals surface area contributed by atoms with Gasteiger partial charge in [0.1, 0.15) is 11.3 Å². The predicted molar refractivity (Wildman–Crippen MR) is 117 cm³/mol. The van der Waals surface area contributed by atoms with E-state index in [4.69, 9.17) is 11.6 Å². The Morgan fingerprint density at radius 3 is 2.66 bits per heavy atom. The zero-order chi connectivity index (χ0) is 20.2. The van der Waals surface area contributed by atoms with E-state index < -0.39 is 0 Å². The summed E-state index contributed by atoms with van der Waals surface area (Å²) in [6.07, 6.45) is 1.69. The van der Waals surface area contributed by atoms with Crippen molar-refractivity contribution < 1.29 is 9.18 Å². The molecule has 0 saturated heterocycles. The van der Waals surface area contributed by atoms with Gasteiger partial charge in [-0.05, 0) is 48.5 Å². The lowest BCUT2D eigenvalue weighted by Gasteiger charge is -2.19. The van der Waals surface area contributed by atoms with Gasteiger partial charge in [-0.2, -0.15) is 0 Å². The molecule has 0 unspecified atom stereocenters. The quantitative estimate of drug-likeness (QED) is 0.353. The molecule has 2 aromatic carbocycles. The molecule has 4 rings (SSSR count). The summed E-state index contributed by atoms with van der Waals surface area (Å²) in [6, 6.07) is 17.2. The number of pyridine rings is 1. The molecule has 146 valence electrons. The average molecular weight is 444 g/mol. The third-order valence-corrected chi connectivity index (χ3v) is 6.46. The summed E-state index contributed by atoms with van der Waals surface area (Å²) in [5, 5.41) is 1.12. The lowest BCUT2D eigenvalue weighted by molar-refractivity contribution is -0.116. The Bertz CT molecular complexity index is 1140. The summed E-state index contributed by atoms with van der Waals surface area (Å²) in [4.78, 5) is 24.5. The Labute approximate surface area is 180 Å². The average Bonchev–Trinajstić information content (AvgIpc) is 3.17. The second kappa shape index (κ2) is 8.90. The van der Waals surface area contributed by atoms with Crippen LogP contribution in [0, 0.1) is 5.82 Å². The maximum Gasteiger partial charge on any atom is 0.239 e. The molecule has 1 amide bonds. The van der Waals surface area contributed by atoms with E-state index in [1.807, 2.05) is 30.3 Å². The lowest BCUT2D eigenvalue weighted by atomic mass is 10.3. The maximum absolute atomic E-state index is 13.1. The summed E-state index contributed by atoms with van der Waals surface area (Å²) in [5.41, 5.74) is 1.44. The van der Waals surface area contributed by atoms with Crippen molar-refractivity contribution in [3.05, 3.63) is 83.4 Å². The van der Waals surface area contributed by atoms with Crippen molar-refractivity contribution >= 4 is 56.0 Å². The molecule has 0 N–H and O–H groups in total. The topological polar surface area (TPSA) is 46.1 Å². The van der Waals surface area contributed by atoms with E-state index in [9.17, 15) is 9.18 Å². The first-order valence-corrected chi connectivity index (χ1v) is 10.9. The van der Waals surface area contributed by atoms with E-state index in [0.29, 0.717) is 22.2 Å². The maximum atomic E-state index is 13.1. The number of aromatic nitrogens is 2. The Hall–Kier alpha value is -2.48. The molecule has 0 saturated carbocycles. The van der Waals surface area contributed by atoms with E-state index in [0.717, 1.165) is 15.3 Å². The van der Waals surface area contributed by atoms with Crippen LogP contribution in [-0.2, 0) is 11.3 Å². The van der Waals surface area contributed by atoms with E-state index >= 15 is 0 Å². The molecule has 4 nitrogen and oxygen atoms in total. The minimum absolute atomic E-state index is 0.111. The zero-order valence-electron chi connectivity index (χ0n) is 15.1. The van der Waals surface area contributed by atoms with Crippen molar-refractivity contribution in [2.75, 3.05) is 10.7 Å². The first kappa shape index (κ1) is 19.8. The molecule has 8 heteroatoms. The molecular weight excluding hydrogens is 429 g/mol. The van der Waals surface area contributed by atoms with Gasteiger partial charge in [0.25, 0.3) is 0 Å². The van der Waals surface area contributed by atoms with Gasteiger partial charge < -0.3 is 0 Å². The predicted octanol–water partition coefficient (Wildman–Crippen LogP) is 5.81. The second-order valence-corrected chi connectivity index (χ2v) is 8.59. The first-order chi connectivity index (χ1) is 14.1. The molecule has 0 fully saturated rings. The highest BCUT2D eigenvalue weighted by Crippen LogP contribution is 2.34. The third-order valence-electron chi connectivity index (χ3n) is 4.11. The molecule has 0 aliphatic heterocycles. The first-order valence-electron chi connectivity index (χ1n) is 8.74. The molecule has 0 aliphatic rings. The number of fused-ring (bicyclic) bond motifs is 1.